The van der Waals surface area contributed by atoms with Gasteiger partial charge in [0.1, 0.15) is 0 Å². The van der Waals surface area contributed by atoms with Crippen LogP contribution in [0, 0.1) is 0 Å². The van der Waals surface area contributed by atoms with Crippen molar-refractivity contribution in [3.8, 4) is 0 Å². The van der Waals surface area contributed by atoms with E-state index in [9.17, 15) is 0 Å². The number of nitrogens with one attached hydrogen (secondary N) is 1. The smallest absolute Gasteiger partial charge is 0.0924 e. The predicted molar refractivity (Wildman–Crippen MR) is 71.5 cm³/mol. The highest BCUT2D eigenvalue weighted by molar-refractivity contribution is 5.92. The van der Waals surface area contributed by atoms with E-state index in [0.717, 1.165) is 5.69 Å². The summed E-state index contributed by atoms with van der Waals surface area (Å²) < 4.78 is 0. The van der Waals surface area contributed by atoms with E-state index in [1.54, 1.807) is 6.33 Å². The van der Waals surface area contributed by atoms with Crippen LogP contribution in [-0.2, 0) is 0 Å². The predicted octanol–water partition coefficient (Wildman–Crippen LogP) is 3.73. The molecule has 1 N–H and O–H groups in total. The minimum absolute atomic E-state index is 1.01. The van der Waals surface area contributed by atoms with Crippen molar-refractivity contribution >= 4 is 22.9 Å². The molecule has 0 unspecified atom stereocenters. The monoisotopic (exact) mass is 220 g/mol. The second-order valence-electron chi connectivity index (χ2n) is 3.91. The molecule has 0 saturated heterocycles. The Kier molecular flexibility index (Phi) is 2.47. The molecule has 0 aliphatic rings. The number of imidazole rings is 1. The summed E-state index contributed by atoms with van der Waals surface area (Å²) in [5, 5.41) is 2.53. The maximum absolute atomic E-state index is 3.99. The molecule has 0 fully saturated rings. The molecule has 2 nitrogen and oxygen atoms in total. The van der Waals surface area contributed by atoms with E-state index in [2.05, 4.69) is 58.5 Å². The zero-order valence-corrected chi connectivity index (χ0v) is 9.30. The van der Waals surface area contributed by atoms with Gasteiger partial charge in [-0.1, -0.05) is 48.5 Å². The average Bonchev–Trinajstić information content (AvgIpc) is 2.89. The normalized spacial score (nSPS) is 11.3. The summed E-state index contributed by atoms with van der Waals surface area (Å²) in [6, 6.07) is 14.7. The third kappa shape index (κ3) is 1.97. The molecule has 3 rings (SSSR count). The van der Waals surface area contributed by atoms with Gasteiger partial charge < -0.3 is 4.98 Å². The minimum Gasteiger partial charge on any atom is -0.345 e. The molecule has 0 saturated carbocycles. The zero-order chi connectivity index (χ0) is 11.5. The van der Waals surface area contributed by atoms with E-state index in [4.69, 9.17) is 0 Å². The van der Waals surface area contributed by atoms with Crippen molar-refractivity contribution in [1.29, 1.82) is 0 Å². The van der Waals surface area contributed by atoms with Gasteiger partial charge in [0.15, 0.2) is 0 Å². The number of nitrogens with zero attached hydrogens (tertiary/aromatic N) is 1. The first-order valence-electron chi connectivity index (χ1n) is 5.58. The number of hydrogen-bond donors (Lipinski definition) is 1. The number of aromatic nitrogens is 2. The number of aromatic amines is 1. The van der Waals surface area contributed by atoms with Crippen molar-refractivity contribution in [1.82, 2.24) is 9.97 Å². The Bertz CT molecular complexity index is 646. The van der Waals surface area contributed by atoms with Crippen LogP contribution in [0.3, 0.4) is 0 Å². The molecule has 2 heteroatoms. The molecule has 3 aromatic rings. The van der Waals surface area contributed by atoms with Crippen LogP contribution in [0.25, 0.3) is 22.9 Å². The lowest BCUT2D eigenvalue weighted by atomic mass is 10.0. The molecule has 0 aliphatic carbocycles. The van der Waals surface area contributed by atoms with E-state index >= 15 is 0 Å². The van der Waals surface area contributed by atoms with Crippen molar-refractivity contribution in [3.63, 3.8) is 0 Å². The quantitative estimate of drug-likeness (QED) is 0.700. The summed E-state index contributed by atoms with van der Waals surface area (Å²) >= 11 is 0. The zero-order valence-electron chi connectivity index (χ0n) is 9.30. The Hall–Kier alpha value is -2.35. The highest BCUT2D eigenvalue weighted by Gasteiger charge is 1.96. The topological polar surface area (TPSA) is 28.7 Å². The van der Waals surface area contributed by atoms with Gasteiger partial charge in [-0.3, -0.25) is 0 Å². The van der Waals surface area contributed by atoms with Crippen molar-refractivity contribution in [2.75, 3.05) is 0 Å². The van der Waals surface area contributed by atoms with Crippen molar-refractivity contribution < 1.29 is 0 Å². The fourth-order valence-electron chi connectivity index (χ4n) is 1.93. The Balaban J connectivity index is 2.06. The van der Waals surface area contributed by atoms with Crippen LogP contribution in [0.4, 0.5) is 0 Å². The fourth-order valence-corrected chi connectivity index (χ4v) is 1.93. The van der Waals surface area contributed by atoms with Gasteiger partial charge in [-0.2, -0.15) is 0 Å². The van der Waals surface area contributed by atoms with E-state index in [-0.39, 0.29) is 0 Å². The number of hydrogen-bond acceptors (Lipinski definition) is 1. The summed E-state index contributed by atoms with van der Waals surface area (Å²) in [6.07, 6.45) is 7.63. The summed E-state index contributed by atoms with van der Waals surface area (Å²) in [5.74, 6) is 0. The van der Waals surface area contributed by atoms with Crippen molar-refractivity contribution in [2.45, 2.75) is 0 Å². The van der Waals surface area contributed by atoms with Crippen LogP contribution < -0.4 is 0 Å². The minimum atomic E-state index is 1.01. The molecular weight excluding hydrogens is 208 g/mol. The fraction of sp³-hybridized carbons (Fsp3) is 0. The SMILES string of the molecule is C(=C/c1cccc2ccccc12)/c1cnc[nH]1. The van der Waals surface area contributed by atoms with Gasteiger partial charge in [-0.05, 0) is 22.4 Å². The lowest BCUT2D eigenvalue weighted by Crippen LogP contribution is -1.77. The molecule has 0 atom stereocenters. The van der Waals surface area contributed by atoms with Gasteiger partial charge in [0, 0.05) is 0 Å². The van der Waals surface area contributed by atoms with Gasteiger partial charge in [-0.25, -0.2) is 4.98 Å². The van der Waals surface area contributed by atoms with Crippen molar-refractivity contribution in [3.05, 3.63) is 66.2 Å². The number of fused-ring (bicyclic) bond motifs is 1. The number of rotatable bonds is 2. The lowest BCUT2D eigenvalue weighted by Gasteiger charge is -2.01. The van der Waals surface area contributed by atoms with Crippen LogP contribution in [0.15, 0.2) is 55.0 Å². The third-order valence-electron chi connectivity index (χ3n) is 2.79. The van der Waals surface area contributed by atoms with Gasteiger partial charge in [0.25, 0.3) is 0 Å². The molecule has 2 aromatic carbocycles. The molecule has 0 bridgehead atoms. The van der Waals surface area contributed by atoms with E-state index in [1.165, 1.54) is 16.3 Å². The second-order valence-corrected chi connectivity index (χ2v) is 3.91. The highest BCUT2D eigenvalue weighted by atomic mass is 14.8. The summed E-state index contributed by atoms with van der Waals surface area (Å²) in [4.78, 5) is 7.05. The molecule has 0 spiro atoms. The van der Waals surface area contributed by atoms with Crippen LogP contribution in [0.1, 0.15) is 11.3 Å². The van der Waals surface area contributed by atoms with E-state index in [0.29, 0.717) is 0 Å². The van der Waals surface area contributed by atoms with Gasteiger partial charge in [-0.15, -0.1) is 0 Å². The largest absolute Gasteiger partial charge is 0.345 e. The van der Waals surface area contributed by atoms with Gasteiger partial charge in [0.2, 0.25) is 0 Å². The second kappa shape index (κ2) is 4.26. The molecule has 0 aliphatic heterocycles. The molecule has 82 valence electrons. The first-order valence-corrected chi connectivity index (χ1v) is 5.58. The first-order chi connectivity index (χ1) is 8.43. The Morgan fingerprint density at radius 2 is 1.82 bits per heavy atom. The average molecular weight is 220 g/mol. The molecule has 1 aromatic heterocycles. The summed E-state index contributed by atoms with van der Waals surface area (Å²) in [6.45, 7) is 0. The third-order valence-corrected chi connectivity index (χ3v) is 2.79. The van der Waals surface area contributed by atoms with Crippen LogP contribution in [0.5, 0.6) is 0 Å². The van der Waals surface area contributed by atoms with Crippen molar-refractivity contribution in [2.24, 2.45) is 0 Å². The molecule has 17 heavy (non-hydrogen) atoms. The van der Waals surface area contributed by atoms with Gasteiger partial charge in [0.05, 0.1) is 18.2 Å². The van der Waals surface area contributed by atoms with E-state index < -0.39 is 0 Å². The van der Waals surface area contributed by atoms with Crippen LogP contribution >= 0.6 is 0 Å². The standard InChI is InChI=1S/C15H12N2/c1-2-7-15-12(4-1)5-3-6-13(15)8-9-14-10-16-11-17-14/h1-11H,(H,16,17)/b9-8-. The van der Waals surface area contributed by atoms with Crippen LogP contribution in [-0.4, -0.2) is 9.97 Å². The molecular formula is C15H12N2. The highest BCUT2D eigenvalue weighted by Crippen LogP contribution is 2.20. The van der Waals surface area contributed by atoms with Gasteiger partial charge >= 0.3 is 0 Å². The molecule has 0 radical (unpaired) electrons. The molecule has 1 heterocycles. The summed E-state index contributed by atoms with van der Waals surface area (Å²) in [7, 11) is 0. The lowest BCUT2D eigenvalue weighted by molar-refractivity contribution is 1.31. The first kappa shape index (κ1) is 9.85. The maximum atomic E-state index is 3.99. The maximum Gasteiger partial charge on any atom is 0.0924 e. The van der Waals surface area contributed by atoms with Crippen LogP contribution in [0.2, 0.25) is 0 Å². The molecule has 0 amide bonds. The Labute approximate surface area is 99.6 Å². The Morgan fingerprint density at radius 3 is 2.71 bits per heavy atom. The summed E-state index contributed by atoms with van der Waals surface area (Å²) in [5.41, 5.74) is 2.23. The number of H-pyrrole nitrogens is 1. The Morgan fingerprint density at radius 1 is 0.941 bits per heavy atom. The number of benzene rings is 2. The van der Waals surface area contributed by atoms with E-state index in [1.807, 2.05) is 12.3 Å².